The second kappa shape index (κ2) is 4.66. The van der Waals surface area contributed by atoms with E-state index in [0.29, 0.717) is 0 Å². The molecule has 0 saturated carbocycles. The molecule has 2 aromatic rings. The van der Waals surface area contributed by atoms with E-state index in [0.717, 1.165) is 12.6 Å². The summed E-state index contributed by atoms with van der Waals surface area (Å²) >= 11 is 1.80. The second-order valence-electron chi connectivity index (χ2n) is 5.55. The van der Waals surface area contributed by atoms with E-state index in [1.807, 2.05) is 0 Å². The van der Waals surface area contributed by atoms with Gasteiger partial charge in [0.1, 0.15) is 0 Å². The van der Waals surface area contributed by atoms with Crippen LogP contribution < -0.4 is 4.90 Å². The summed E-state index contributed by atoms with van der Waals surface area (Å²) in [6.07, 6.45) is 1.22. The summed E-state index contributed by atoms with van der Waals surface area (Å²) in [6.45, 7) is 4.75. The number of anilines is 1. The number of rotatable bonds is 3. The third-order valence-corrected chi connectivity index (χ3v) is 5.02. The van der Waals surface area contributed by atoms with Crippen molar-refractivity contribution in [3.63, 3.8) is 0 Å². The van der Waals surface area contributed by atoms with Gasteiger partial charge in [-0.1, -0.05) is 18.2 Å². The third kappa shape index (κ3) is 2.07. The Labute approximate surface area is 118 Å². The Bertz CT molecular complexity index is 558. The van der Waals surface area contributed by atoms with Crippen LogP contribution in [0.4, 0.5) is 5.69 Å². The average molecular weight is 270 g/mol. The van der Waals surface area contributed by atoms with Crippen molar-refractivity contribution in [3.8, 4) is 0 Å². The van der Waals surface area contributed by atoms with Crippen molar-refractivity contribution in [1.82, 2.24) is 4.90 Å². The molecule has 0 radical (unpaired) electrons. The molecule has 1 aromatic carbocycles. The highest BCUT2D eigenvalue weighted by molar-refractivity contribution is 7.07. The molecule has 3 heterocycles. The molecule has 19 heavy (non-hydrogen) atoms. The van der Waals surface area contributed by atoms with Crippen LogP contribution in [0, 0.1) is 0 Å². The van der Waals surface area contributed by atoms with Crippen molar-refractivity contribution < 1.29 is 0 Å². The Morgan fingerprint density at radius 1 is 1.16 bits per heavy atom. The van der Waals surface area contributed by atoms with Gasteiger partial charge in [-0.3, -0.25) is 4.90 Å². The van der Waals surface area contributed by atoms with Crippen LogP contribution in [0.5, 0.6) is 0 Å². The molecule has 0 bridgehead atoms. The molecule has 2 aliphatic rings. The molecule has 1 aromatic heterocycles. The van der Waals surface area contributed by atoms with E-state index in [-0.39, 0.29) is 0 Å². The van der Waals surface area contributed by atoms with Crippen LogP contribution in [-0.2, 0) is 13.0 Å². The molecule has 2 nitrogen and oxygen atoms in total. The number of hydrogen-bond donors (Lipinski definition) is 0. The monoisotopic (exact) mass is 270 g/mol. The van der Waals surface area contributed by atoms with Gasteiger partial charge in [0.2, 0.25) is 0 Å². The first-order valence-electron chi connectivity index (χ1n) is 6.98. The van der Waals surface area contributed by atoms with E-state index in [9.17, 15) is 0 Å². The Morgan fingerprint density at radius 2 is 2.05 bits per heavy atom. The van der Waals surface area contributed by atoms with E-state index < -0.39 is 0 Å². The standard InChI is InChI=1S/C16H18N2S/c1-2-4-16-14(3-1)5-7-18(16)15-10-17(11-15)9-13-6-8-19-12-13/h1-4,6,8,12,15H,5,7,9-11H2. The minimum atomic E-state index is 0.724. The number of likely N-dealkylation sites (tertiary alicyclic amines) is 1. The summed E-state index contributed by atoms with van der Waals surface area (Å²) < 4.78 is 0. The van der Waals surface area contributed by atoms with Crippen molar-refractivity contribution in [2.75, 3.05) is 24.5 Å². The molecular formula is C16H18N2S. The minimum Gasteiger partial charge on any atom is -0.365 e. The maximum absolute atomic E-state index is 2.61. The Morgan fingerprint density at radius 3 is 2.89 bits per heavy atom. The highest BCUT2D eigenvalue weighted by Crippen LogP contribution is 2.32. The lowest BCUT2D eigenvalue weighted by Crippen LogP contribution is -2.58. The van der Waals surface area contributed by atoms with E-state index in [4.69, 9.17) is 0 Å². The van der Waals surface area contributed by atoms with Gasteiger partial charge in [0.05, 0.1) is 6.04 Å². The van der Waals surface area contributed by atoms with Gasteiger partial charge in [0.15, 0.2) is 0 Å². The molecule has 0 N–H and O–H groups in total. The maximum Gasteiger partial charge on any atom is 0.0544 e. The van der Waals surface area contributed by atoms with Crippen molar-refractivity contribution >= 4 is 17.0 Å². The first kappa shape index (κ1) is 11.5. The fourth-order valence-corrected chi connectivity index (χ4v) is 3.91. The number of thiophene rings is 1. The molecule has 0 amide bonds. The van der Waals surface area contributed by atoms with Crippen LogP contribution in [0.1, 0.15) is 11.1 Å². The molecule has 0 spiro atoms. The summed E-state index contributed by atoms with van der Waals surface area (Å²) in [5, 5.41) is 4.43. The van der Waals surface area contributed by atoms with Crippen molar-refractivity contribution in [2.45, 2.75) is 19.0 Å². The first-order chi connectivity index (χ1) is 9.40. The van der Waals surface area contributed by atoms with Crippen LogP contribution in [-0.4, -0.2) is 30.6 Å². The predicted octanol–water partition coefficient (Wildman–Crippen LogP) is 3.00. The van der Waals surface area contributed by atoms with Gasteiger partial charge in [0.25, 0.3) is 0 Å². The molecule has 0 aliphatic carbocycles. The predicted molar refractivity (Wildman–Crippen MR) is 80.9 cm³/mol. The SMILES string of the molecule is c1ccc2c(c1)CCN2C1CN(Cc2ccsc2)C1. The van der Waals surface area contributed by atoms with Crippen LogP contribution in [0.25, 0.3) is 0 Å². The normalized spacial score (nSPS) is 19.5. The lowest BCUT2D eigenvalue weighted by Gasteiger charge is -2.45. The quantitative estimate of drug-likeness (QED) is 0.846. The van der Waals surface area contributed by atoms with Gasteiger partial charge in [-0.25, -0.2) is 0 Å². The molecule has 0 atom stereocenters. The molecular weight excluding hydrogens is 252 g/mol. The van der Waals surface area contributed by atoms with E-state index in [1.54, 1.807) is 11.3 Å². The van der Waals surface area contributed by atoms with Crippen molar-refractivity contribution in [2.24, 2.45) is 0 Å². The topological polar surface area (TPSA) is 6.48 Å². The fraction of sp³-hybridized carbons (Fsp3) is 0.375. The molecule has 2 aliphatic heterocycles. The summed E-state index contributed by atoms with van der Waals surface area (Å²) in [5.41, 5.74) is 4.46. The summed E-state index contributed by atoms with van der Waals surface area (Å²) in [4.78, 5) is 5.16. The lowest BCUT2D eigenvalue weighted by atomic mass is 10.1. The third-order valence-electron chi connectivity index (χ3n) is 4.29. The zero-order valence-corrected chi connectivity index (χ0v) is 11.8. The van der Waals surface area contributed by atoms with Crippen LogP contribution in [0.3, 0.4) is 0 Å². The molecule has 0 unspecified atom stereocenters. The fourth-order valence-electron chi connectivity index (χ4n) is 3.25. The second-order valence-corrected chi connectivity index (χ2v) is 6.33. The molecule has 4 rings (SSSR count). The van der Waals surface area contributed by atoms with Crippen molar-refractivity contribution in [1.29, 1.82) is 0 Å². The number of fused-ring (bicyclic) bond motifs is 1. The number of hydrogen-bond acceptors (Lipinski definition) is 3. The van der Waals surface area contributed by atoms with Gasteiger partial charge >= 0.3 is 0 Å². The average Bonchev–Trinajstić information content (AvgIpc) is 3.03. The lowest BCUT2D eigenvalue weighted by molar-refractivity contribution is 0.137. The van der Waals surface area contributed by atoms with Crippen LogP contribution in [0.15, 0.2) is 41.1 Å². The Kier molecular flexibility index (Phi) is 2.82. The summed E-state index contributed by atoms with van der Waals surface area (Å²) in [6, 6.07) is 11.8. The van der Waals surface area contributed by atoms with Gasteiger partial charge in [-0.15, -0.1) is 0 Å². The zero-order valence-electron chi connectivity index (χ0n) is 11.0. The van der Waals surface area contributed by atoms with Crippen LogP contribution >= 0.6 is 11.3 Å². The van der Waals surface area contributed by atoms with Gasteiger partial charge < -0.3 is 4.90 Å². The molecule has 1 saturated heterocycles. The van der Waals surface area contributed by atoms with E-state index in [1.165, 1.54) is 42.9 Å². The van der Waals surface area contributed by atoms with E-state index >= 15 is 0 Å². The van der Waals surface area contributed by atoms with Crippen molar-refractivity contribution in [3.05, 3.63) is 52.2 Å². The van der Waals surface area contributed by atoms with Gasteiger partial charge in [-0.05, 0) is 40.4 Å². The molecule has 98 valence electrons. The maximum atomic E-state index is 2.61. The summed E-state index contributed by atoms with van der Waals surface area (Å²) in [7, 11) is 0. The molecule has 3 heteroatoms. The van der Waals surface area contributed by atoms with Crippen LogP contribution in [0.2, 0.25) is 0 Å². The molecule has 1 fully saturated rings. The first-order valence-corrected chi connectivity index (χ1v) is 7.92. The minimum absolute atomic E-state index is 0.724. The largest absolute Gasteiger partial charge is 0.365 e. The Hall–Kier alpha value is -1.32. The van der Waals surface area contributed by atoms with Gasteiger partial charge in [-0.2, -0.15) is 11.3 Å². The smallest absolute Gasteiger partial charge is 0.0544 e. The highest BCUT2D eigenvalue weighted by Gasteiger charge is 2.34. The number of nitrogens with zero attached hydrogens (tertiary/aromatic N) is 2. The summed E-state index contributed by atoms with van der Waals surface area (Å²) in [5.74, 6) is 0. The Balaban J connectivity index is 1.39. The highest BCUT2D eigenvalue weighted by atomic mass is 32.1. The zero-order chi connectivity index (χ0) is 12.7. The number of benzene rings is 1. The number of para-hydroxylation sites is 1. The van der Waals surface area contributed by atoms with E-state index in [2.05, 4.69) is 50.9 Å². The van der Waals surface area contributed by atoms with Gasteiger partial charge in [0, 0.05) is 31.9 Å².